The number of hydrogen-bond acceptors (Lipinski definition) is 4. The molecule has 1 atom stereocenters. The molecule has 1 aliphatic carbocycles. The van der Waals surface area contributed by atoms with Crippen LogP contribution >= 0.6 is 11.8 Å². The molecule has 1 aliphatic rings. The summed E-state index contributed by atoms with van der Waals surface area (Å²) in [7, 11) is 0. The fourth-order valence-electron chi connectivity index (χ4n) is 2.81. The molecule has 26 heavy (non-hydrogen) atoms. The second-order valence-corrected chi connectivity index (χ2v) is 9.43. The van der Waals surface area contributed by atoms with E-state index in [1.807, 2.05) is 52.8 Å². The maximum absolute atomic E-state index is 12.5. The number of ketones is 1. The van der Waals surface area contributed by atoms with Crippen molar-refractivity contribution < 1.29 is 14.3 Å². The average molecular weight is 368 g/mol. The third-order valence-electron chi connectivity index (χ3n) is 4.62. The zero-order valence-electron chi connectivity index (χ0n) is 15.8. The molecule has 4 heteroatoms. The molecule has 3 nitrogen and oxygen atoms in total. The average Bonchev–Trinajstić information content (AvgIpc) is 2.77. The van der Waals surface area contributed by atoms with Gasteiger partial charge >= 0.3 is 5.97 Å². The molecule has 2 aromatic carbocycles. The van der Waals surface area contributed by atoms with E-state index in [1.54, 1.807) is 6.08 Å². The number of thioether (sulfide) groups is 1. The van der Waals surface area contributed by atoms with Gasteiger partial charge in [0.05, 0.1) is 10.8 Å². The van der Waals surface area contributed by atoms with E-state index >= 15 is 0 Å². The zero-order chi connectivity index (χ0) is 19.1. The van der Waals surface area contributed by atoms with Gasteiger partial charge in [0.2, 0.25) is 0 Å². The minimum atomic E-state index is -0.750. The number of carbonyl (C=O) groups is 2. The highest BCUT2D eigenvalue weighted by atomic mass is 32.2. The van der Waals surface area contributed by atoms with Crippen LogP contribution in [0.1, 0.15) is 34.6 Å². The van der Waals surface area contributed by atoms with Gasteiger partial charge in [0, 0.05) is 9.80 Å². The zero-order valence-corrected chi connectivity index (χ0v) is 16.6. The summed E-state index contributed by atoms with van der Waals surface area (Å²) < 4.78 is 5.78. The van der Waals surface area contributed by atoms with Gasteiger partial charge in [0.15, 0.2) is 5.78 Å². The number of esters is 1. The van der Waals surface area contributed by atoms with Crippen LogP contribution in [0.5, 0.6) is 0 Å². The second-order valence-electron chi connectivity index (χ2n) is 8.28. The van der Waals surface area contributed by atoms with E-state index in [0.29, 0.717) is 0 Å². The van der Waals surface area contributed by atoms with Crippen molar-refractivity contribution in [3.8, 4) is 0 Å². The molecule has 0 spiro atoms. The first-order valence-electron chi connectivity index (χ1n) is 8.73. The molecule has 0 fully saturated rings. The Morgan fingerprint density at radius 3 is 2.38 bits per heavy atom. The Morgan fingerprint density at radius 2 is 1.73 bits per heavy atom. The third kappa shape index (κ3) is 3.56. The van der Waals surface area contributed by atoms with Crippen LogP contribution in [0.4, 0.5) is 0 Å². The van der Waals surface area contributed by atoms with Crippen molar-refractivity contribution >= 4 is 34.3 Å². The summed E-state index contributed by atoms with van der Waals surface area (Å²) in [5, 5.41) is 2.31. The van der Waals surface area contributed by atoms with Gasteiger partial charge in [-0.15, -0.1) is 0 Å². The van der Waals surface area contributed by atoms with Crippen LogP contribution in [-0.4, -0.2) is 17.9 Å². The number of carbonyl (C=O) groups excluding carboxylic acids is 2. The van der Waals surface area contributed by atoms with Gasteiger partial charge in [-0.25, -0.2) is 0 Å². The lowest BCUT2D eigenvalue weighted by atomic mass is 9.87. The number of rotatable bonds is 3. The van der Waals surface area contributed by atoms with Crippen LogP contribution in [0, 0.1) is 10.8 Å². The molecule has 0 amide bonds. The Hall–Kier alpha value is -2.07. The maximum Gasteiger partial charge on any atom is 0.311 e. The van der Waals surface area contributed by atoms with Gasteiger partial charge in [-0.2, -0.15) is 0 Å². The highest BCUT2D eigenvalue weighted by Crippen LogP contribution is 2.45. The second kappa shape index (κ2) is 6.58. The highest BCUT2D eigenvalue weighted by molar-refractivity contribution is 8.03. The van der Waals surface area contributed by atoms with E-state index in [1.165, 1.54) is 17.1 Å². The first-order chi connectivity index (χ1) is 12.1. The molecule has 0 saturated heterocycles. The Kier molecular flexibility index (Phi) is 4.74. The molecule has 136 valence electrons. The van der Waals surface area contributed by atoms with Gasteiger partial charge in [-0.3, -0.25) is 9.59 Å². The van der Waals surface area contributed by atoms with Crippen LogP contribution in [-0.2, 0) is 14.3 Å². The molecule has 0 radical (unpaired) electrons. The summed E-state index contributed by atoms with van der Waals surface area (Å²) in [6.45, 7) is 9.12. The fourth-order valence-corrected chi connectivity index (χ4v) is 4.02. The summed E-state index contributed by atoms with van der Waals surface area (Å²) >= 11 is 1.50. The van der Waals surface area contributed by atoms with Crippen molar-refractivity contribution in [3.05, 3.63) is 53.4 Å². The standard InChI is InChI=1S/C22H24O3S/c1-21(2,3)20(24)25-19-17(13-18(23)22(19,4)5)26-16-11-10-14-8-6-7-9-15(14)12-16/h6-13,19H,1-5H3/t19-/m0/s1. The summed E-state index contributed by atoms with van der Waals surface area (Å²) in [6, 6.07) is 14.3. The Labute approximate surface area is 158 Å². The fraction of sp³-hybridized carbons (Fsp3) is 0.364. The first-order valence-corrected chi connectivity index (χ1v) is 9.54. The predicted octanol–water partition coefficient (Wildman–Crippen LogP) is 5.38. The van der Waals surface area contributed by atoms with Crippen molar-refractivity contribution in [2.75, 3.05) is 0 Å². The van der Waals surface area contributed by atoms with Crippen LogP contribution in [0.15, 0.2) is 58.3 Å². The van der Waals surface area contributed by atoms with Crippen molar-refractivity contribution in [2.45, 2.75) is 45.6 Å². The molecule has 2 aromatic rings. The number of fused-ring (bicyclic) bond motifs is 1. The summed E-state index contributed by atoms with van der Waals surface area (Å²) in [5.74, 6) is -0.303. The topological polar surface area (TPSA) is 43.4 Å². The normalized spacial score (nSPS) is 19.5. The van der Waals surface area contributed by atoms with Crippen LogP contribution in [0.25, 0.3) is 10.8 Å². The predicted molar refractivity (Wildman–Crippen MR) is 106 cm³/mol. The van der Waals surface area contributed by atoms with Gasteiger partial charge < -0.3 is 4.74 Å². The number of allylic oxidation sites excluding steroid dienone is 1. The summed E-state index contributed by atoms with van der Waals surface area (Å²) in [5.41, 5.74) is -1.36. The lowest BCUT2D eigenvalue weighted by Gasteiger charge is -2.30. The third-order valence-corrected chi connectivity index (χ3v) is 5.67. The first kappa shape index (κ1) is 18.7. The SMILES string of the molecule is CC(C)(C)C(=O)O[C@H]1C(Sc2ccc3ccccc3c2)=CC(=O)C1(C)C. The smallest absolute Gasteiger partial charge is 0.311 e. The summed E-state index contributed by atoms with van der Waals surface area (Å²) in [6.07, 6.45) is 1.07. The van der Waals surface area contributed by atoms with Crippen molar-refractivity contribution in [1.82, 2.24) is 0 Å². The minimum absolute atomic E-state index is 0.00695. The van der Waals surface area contributed by atoms with E-state index in [2.05, 4.69) is 24.3 Å². The maximum atomic E-state index is 12.5. The molecule has 0 N–H and O–H groups in total. The van der Waals surface area contributed by atoms with Crippen LogP contribution < -0.4 is 0 Å². The highest BCUT2D eigenvalue weighted by Gasteiger charge is 2.47. The molecule has 0 saturated carbocycles. The number of benzene rings is 2. The molecular weight excluding hydrogens is 344 g/mol. The Balaban J connectivity index is 1.89. The van der Waals surface area contributed by atoms with E-state index in [9.17, 15) is 9.59 Å². The van der Waals surface area contributed by atoms with E-state index < -0.39 is 16.9 Å². The Bertz CT molecular complexity index is 903. The van der Waals surface area contributed by atoms with Gasteiger partial charge in [0.25, 0.3) is 0 Å². The van der Waals surface area contributed by atoms with Gasteiger partial charge in [-0.05, 0) is 63.6 Å². The van der Waals surface area contributed by atoms with Crippen LogP contribution in [0.2, 0.25) is 0 Å². The molecule has 0 aromatic heterocycles. The quantitative estimate of drug-likeness (QED) is 0.682. The monoisotopic (exact) mass is 368 g/mol. The Morgan fingerprint density at radius 1 is 1.08 bits per heavy atom. The largest absolute Gasteiger partial charge is 0.455 e. The minimum Gasteiger partial charge on any atom is -0.455 e. The summed E-state index contributed by atoms with van der Waals surface area (Å²) in [4.78, 5) is 26.7. The molecule has 3 rings (SSSR count). The van der Waals surface area contributed by atoms with Crippen molar-refractivity contribution in [2.24, 2.45) is 10.8 Å². The van der Waals surface area contributed by atoms with Crippen LogP contribution in [0.3, 0.4) is 0 Å². The van der Waals surface area contributed by atoms with E-state index in [-0.39, 0.29) is 11.8 Å². The lowest BCUT2D eigenvalue weighted by molar-refractivity contribution is -0.161. The molecule has 0 unspecified atom stereocenters. The van der Waals surface area contributed by atoms with E-state index in [0.717, 1.165) is 15.2 Å². The van der Waals surface area contributed by atoms with Gasteiger partial charge in [0.1, 0.15) is 6.10 Å². The molecule has 0 bridgehead atoms. The molecular formula is C22H24O3S. The van der Waals surface area contributed by atoms with E-state index in [4.69, 9.17) is 4.74 Å². The molecule has 0 aliphatic heterocycles. The van der Waals surface area contributed by atoms with Crippen molar-refractivity contribution in [1.29, 1.82) is 0 Å². The number of ether oxygens (including phenoxy) is 1. The number of hydrogen-bond donors (Lipinski definition) is 0. The van der Waals surface area contributed by atoms with Crippen molar-refractivity contribution in [3.63, 3.8) is 0 Å². The van der Waals surface area contributed by atoms with Gasteiger partial charge in [-0.1, -0.05) is 42.1 Å². The lowest BCUT2D eigenvalue weighted by Crippen LogP contribution is -2.38. The molecule has 0 heterocycles.